The van der Waals surface area contributed by atoms with Crippen LogP contribution in [0.15, 0.2) is 17.1 Å². The van der Waals surface area contributed by atoms with Gasteiger partial charge in [0, 0.05) is 37.5 Å². The topological polar surface area (TPSA) is 90.1 Å². The minimum Gasteiger partial charge on any atom is -0.481 e. The van der Waals surface area contributed by atoms with E-state index in [2.05, 4.69) is 17.8 Å². The first-order valence-corrected chi connectivity index (χ1v) is 10.7. The van der Waals surface area contributed by atoms with Crippen molar-refractivity contribution >= 4 is 22.8 Å². The first-order valence-electron chi connectivity index (χ1n) is 9.68. The number of hydrogen-bond donors (Lipinski definition) is 3. The molecule has 5 nitrogen and oxygen atoms in total. The van der Waals surface area contributed by atoms with E-state index in [1.54, 1.807) is 24.8 Å². The number of carboxylic acids is 1. The maximum Gasteiger partial charge on any atom is 0.303 e. The SMILES string of the molecule is C#CC12CC(O)C(C=CC(O)C(C)CC#CC)C1CC(SCCCC(=O)O)=N2. The van der Waals surface area contributed by atoms with Crippen LogP contribution in [0.5, 0.6) is 0 Å². The van der Waals surface area contributed by atoms with Crippen molar-refractivity contribution in [1.29, 1.82) is 0 Å². The Morgan fingerprint density at radius 2 is 2.29 bits per heavy atom. The number of rotatable bonds is 8. The van der Waals surface area contributed by atoms with Gasteiger partial charge >= 0.3 is 5.97 Å². The minimum atomic E-state index is -0.794. The molecule has 6 heteroatoms. The molecule has 0 saturated heterocycles. The molecule has 0 aromatic rings. The summed E-state index contributed by atoms with van der Waals surface area (Å²) in [7, 11) is 0. The lowest BCUT2D eigenvalue weighted by Gasteiger charge is -2.22. The second-order valence-electron chi connectivity index (χ2n) is 7.56. The van der Waals surface area contributed by atoms with Gasteiger partial charge in [0.1, 0.15) is 5.54 Å². The van der Waals surface area contributed by atoms with Crippen molar-refractivity contribution < 1.29 is 20.1 Å². The fourth-order valence-electron chi connectivity index (χ4n) is 3.86. The van der Waals surface area contributed by atoms with Crippen LogP contribution in [0.2, 0.25) is 0 Å². The zero-order valence-corrected chi connectivity index (χ0v) is 17.3. The average molecular weight is 404 g/mol. The highest BCUT2D eigenvalue weighted by Crippen LogP contribution is 2.50. The van der Waals surface area contributed by atoms with Crippen molar-refractivity contribution in [2.75, 3.05) is 5.75 Å². The number of terminal acetylenes is 1. The first-order chi connectivity index (χ1) is 13.3. The molecule has 0 spiro atoms. The first kappa shape index (κ1) is 22.6. The van der Waals surface area contributed by atoms with Gasteiger partial charge in [0.05, 0.1) is 17.3 Å². The summed E-state index contributed by atoms with van der Waals surface area (Å²) in [5.74, 6) is 8.38. The number of carbonyl (C=O) groups is 1. The maximum absolute atomic E-state index is 10.6. The molecule has 3 N–H and O–H groups in total. The summed E-state index contributed by atoms with van der Waals surface area (Å²) >= 11 is 1.56. The fraction of sp³-hybridized carbons (Fsp3) is 0.636. The molecule has 0 amide bonds. The number of carboxylic acid groups (broad SMARTS) is 1. The molecule has 6 unspecified atom stereocenters. The zero-order chi connectivity index (χ0) is 20.7. The Morgan fingerprint density at radius 1 is 1.54 bits per heavy atom. The van der Waals surface area contributed by atoms with Crippen LogP contribution >= 0.6 is 11.8 Å². The quantitative estimate of drug-likeness (QED) is 0.329. The molecule has 0 radical (unpaired) electrons. The number of hydrogen-bond acceptors (Lipinski definition) is 5. The summed E-state index contributed by atoms with van der Waals surface area (Å²) in [5, 5.41) is 30.6. The summed E-state index contributed by atoms with van der Waals surface area (Å²) in [5.41, 5.74) is -0.701. The second kappa shape index (κ2) is 10.2. The highest BCUT2D eigenvalue weighted by atomic mass is 32.2. The van der Waals surface area contributed by atoms with Crippen LogP contribution in [0.4, 0.5) is 0 Å². The normalized spacial score (nSPS) is 30.8. The van der Waals surface area contributed by atoms with E-state index in [1.165, 1.54) is 0 Å². The molecule has 1 aliphatic heterocycles. The van der Waals surface area contributed by atoms with Crippen molar-refractivity contribution in [3.63, 3.8) is 0 Å². The smallest absolute Gasteiger partial charge is 0.303 e. The molecule has 1 heterocycles. The van der Waals surface area contributed by atoms with Gasteiger partial charge in [-0.1, -0.05) is 25.0 Å². The molecule has 0 bridgehead atoms. The van der Waals surface area contributed by atoms with Crippen molar-refractivity contribution in [2.24, 2.45) is 22.7 Å². The molecule has 1 aliphatic carbocycles. The molecule has 2 rings (SSSR count). The third-order valence-electron chi connectivity index (χ3n) is 5.53. The molecule has 0 aromatic heterocycles. The monoisotopic (exact) mass is 403 g/mol. The largest absolute Gasteiger partial charge is 0.481 e. The number of nitrogens with zero attached hydrogens (tertiary/aromatic N) is 1. The lowest BCUT2D eigenvalue weighted by atomic mass is 9.83. The Balaban J connectivity index is 2.01. The molecule has 0 aromatic carbocycles. The van der Waals surface area contributed by atoms with Crippen molar-refractivity contribution in [2.45, 2.75) is 63.7 Å². The van der Waals surface area contributed by atoms with E-state index >= 15 is 0 Å². The molecular formula is C22H29NO4S. The van der Waals surface area contributed by atoms with Gasteiger partial charge in [0.2, 0.25) is 0 Å². The third kappa shape index (κ3) is 5.41. The van der Waals surface area contributed by atoms with E-state index < -0.39 is 23.7 Å². The maximum atomic E-state index is 10.6. The lowest BCUT2D eigenvalue weighted by molar-refractivity contribution is -0.137. The van der Waals surface area contributed by atoms with E-state index in [-0.39, 0.29) is 24.2 Å². The predicted octanol–water partition coefficient (Wildman–Crippen LogP) is 2.72. The summed E-state index contributed by atoms with van der Waals surface area (Å²) in [6.07, 6.45) is 10.7. The van der Waals surface area contributed by atoms with Crippen LogP contribution in [0.1, 0.15) is 46.0 Å². The predicted molar refractivity (Wildman–Crippen MR) is 113 cm³/mol. The lowest BCUT2D eigenvalue weighted by Crippen LogP contribution is -2.27. The summed E-state index contributed by atoms with van der Waals surface area (Å²) in [6.45, 7) is 3.72. The van der Waals surface area contributed by atoms with Gasteiger partial charge in [0.25, 0.3) is 0 Å². The summed E-state index contributed by atoms with van der Waals surface area (Å²) in [4.78, 5) is 15.4. The van der Waals surface area contributed by atoms with Crippen LogP contribution in [-0.4, -0.2) is 49.8 Å². The fourth-order valence-corrected chi connectivity index (χ4v) is 4.91. The Bertz CT molecular complexity index is 729. The van der Waals surface area contributed by atoms with E-state index in [4.69, 9.17) is 16.5 Å². The van der Waals surface area contributed by atoms with E-state index in [1.807, 2.05) is 13.0 Å². The second-order valence-corrected chi connectivity index (χ2v) is 8.73. The summed E-state index contributed by atoms with van der Waals surface area (Å²) < 4.78 is 0. The van der Waals surface area contributed by atoms with Gasteiger partial charge in [-0.25, -0.2) is 0 Å². The average Bonchev–Trinajstić information content (AvgIpc) is 3.13. The summed E-state index contributed by atoms with van der Waals surface area (Å²) in [6, 6.07) is 0. The van der Waals surface area contributed by atoms with Crippen LogP contribution in [0, 0.1) is 41.9 Å². The van der Waals surface area contributed by atoms with E-state index in [9.17, 15) is 15.0 Å². The number of aliphatic carboxylic acids is 1. The van der Waals surface area contributed by atoms with Crippen LogP contribution in [0.25, 0.3) is 0 Å². The number of aliphatic imine (C=N–C) groups is 1. The third-order valence-corrected chi connectivity index (χ3v) is 6.61. The van der Waals surface area contributed by atoms with Crippen molar-refractivity contribution in [3.05, 3.63) is 12.2 Å². The number of thioether (sulfide) groups is 1. The molecule has 152 valence electrons. The highest BCUT2D eigenvalue weighted by Gasteiger charge is 2.55. The highest BCUT2D eigenvalue weighted by molar-refractivity contribution is 8.13. The van der Waals surface area contributed by atoms with Crippen molar-refractivity contribution in [3.8, 4) is 24.2 Å². The standard InChI is InChI=1S/C22H29NO4S/c1-4-6-8-15(3)18(24)11-10-16-17-13-20(28-12-7-9-21(26)27)23-22(17,5-2)14-19(16)25/h2,10-11,15-19,24-25H,7-9,12-14H2,1,3H3,(H,26,27). The number of aliphatic hydroxyl groups excluding tert-OH is 2. The van der Waals surface area contributed by atoms with E-state index in [0.717, 1.165) is 5.04 Å². The molecule has 2 aliphatic rings. The number of aliphatic hydroxyl groups is 2. The molecule has 28 heavy (non-hydrogen) atoms. The molecule has 1 fully saturated rings. The van der Waals surface area contributed by atoms with E-state index in [0.29, 0.717) is 31.4 Å². The van der Waals surface area contributed by atoms with Crippen LogP contribution in [-0.2, 0) is 4.79 Å². The van der Waals surface area contributed by atoms with Gasteiger partial charge in [-0.05, 0) is 25.0 Å². The minimum absolute atomic E-state index is 0.00339. The molecule has 1 saturated carbocycles. The van der Waals surface area contributed by atoms with Crippen molar-refractivity contribution in [1.82, 2.24) is 0 Å². The van der Waals surface area contributed by atoms with Crippen LogP contribution in [0.3, 0.4) is 0 Å². The van der Waals surface area contributed by atoms with Gasteiger partial charge < -0.3 is 15.3 Å². The van der Waals surface area contributed by atoms with Crippen LogP contribution < -0.4 is 0 Å². The van der Waals surface area contributed by atoms with Gasteiger partial charge in [0.15, 0.2) is 0 Å². The number of fused-ring (bicyclic) bond motifs is 1. The van der Waals surface area contributed by atoms with Gasteiger partial charge in [-0.2, -0.15) is 0 Å². The molecule has 6 atom stereocenters. The Labute approximate surface area is 171 Å². The Morgan fingerprint density at radius 3 is 2.93 bits per heavy atom. The zero-order valence-electron chi connectivity index (χ0n) is 16.5. The Hall–Kier alpha value is -1.73. The molecular weight excluding hydrogens is 374 g/mol. The van der Waals surface area contributed by atoms with Gasteiger partial charge in [-0.15, -0.1) is 30.0 Å². The Kier molecular flexibility index (Phi) is 8.19. The van der Waals surface area contributed by atoms with Gasteiger partial charge in [-0.3, -0.25) is 9.79 Å².